The first-order chi connectivity index (χ1) is 8.35. The van der Waals surface area contributed by atoms with Gasteiger partial charge in [0.25, 0.3) is 0 Å². The van der Waals surface area contributed by atoms with E-state index in [1.165, 1.54) is 0 Å². The lowest BCUT2D eigenvalue weighted by atomic mass is 10.1. The molecule has 1 aromatic rings. The zero-order valence-electron chi connectivity index (χ0n) is 10.4. The Bertz CT molecular complexity index is 362. The van der Waals surface area contributed by atoms with E-state index in [2.05, 4.69) is 5.32 Å². The Morgan fingerprint density at radius 2 is 2.29 bits per heavy atom. The molecule has 1 aliphatic heterocycles. The van der Waals surface area contributed by atoms with Crippen LogP contribution in [0.2, 0.25) is 0 Å². The first-order valence-electron chi connectivity index (χ1n) is 5.98. The SMILES string of the molecule is CCOc1ccc(C2CNCCO2)cc1OC. The van der Waals surface area contributed by atoms with Gasteiger partial charge in [-0.1, -0.05) is 6.07 Å². The van der Waals surface area contributed by atoms with Gasteiger partial charge in [-0.2, -0.15) is 0 Å². The fourth-order valence-electron chi connectivity index (χ4n) is 1.94. The largest absolute Gasteiger partial charge is 0.493 e. The monoisotopic (exact) mass is 237 g/mol. The van der Waals surface area contributed by atoms with E-state index in [1.54, 1.807) is 7.11 Å². The standard InChI is InChI=1S/C13H19NO3/c1-3-16-11-5-4-10(8-12(11)15-2)13-9-14-6-7-17-13/h4-5,8,13-14H,3,6-7,9H2,1-2H3. The third-order valence-electron chi connectivity index (χ3n) is 2.79. The summed E-state index contributed by atoms with van der Waals surface area (Å²) in [7, 11) is 1.65. The topological polar surface area (TPSA) is 39.7 Å². The average Bonchev–Trinajstić information content (AvgIpc) is 2.40. The summed E-state index contributed by atoms with van der Waals surface area (Å²) in [5.41, 5.74) is 1.12. The Morgan fingerprint density at radius 3 is 2.94 bits per heavy atom. The molecule has 0 spiro atoms. The number of benzene rings is 1. The second-order valence-electron chi connectivity index (χ2n) is 3.91. The van der Waals surface area contributed by atoms with Gasteiger partial charge in [0.1, 0.15) is 0 Å². The van der Waals surface area contributed by atoms with Gasteiger partial charge in [-0.3, -0.25) is 0 Å². The highest BCUT2D eigenvalue weighted by atomic mass is 16.5. The third-order valence-corrected chi connectivity index (χ3v) is 2.79. The van der Waals surface area contributed by atoms with Crippen molar-refractivity contribution >= 4 is 0 Å². The van der Waals surface area contributed by atoms with Crippen LogP contribution in [-0.4, -0.2) is 33.4 Å². The third kappa shape index (κ3) is 2.90. The molecule has 2 rings (SSSR count). The Morgan fingerprint density at radius 1 is 1.41 bits per heavy atom. The van der Waals surface area contributed by atoms with Crippen molar-refractivity contribution in [2.24, 2.45) is 0 Å². The van der Waals surface area contributed by atoms with E-state index in [1.807, 2.05) is 25.1 Å². The lowest BCUT2D eigenvalue weighted by Crippen LogP contribution is -2.33. The quantitative estimate of drug-likeness (QED) is 0.866. The normalized spacial score (nSPS) is 20.0. The van der Waals surface area contributed by atoms with Crippen molar-refractivity contribution in [2.75, 3.05) is 33.4 Å². The molecule has 94 valence electrons. The summed E-state index contributed by atoms with van der Waals surface area (Å²) in [6.07, 6.45) is 0.105. The van der Waals surface area contributed by atoms with Crippen molar-refractivity contribution in [3.63, 3.8) is 0 Å². The first kappa shape index (κ1) is 12.2. The van der Waals surface area contributed by atoms with E-state index in [9.17, 15) is 0 Å². The second-order valence-corrected chi connectivity index (χ2v) is 3.91. The van der Waals surface area contributed by atoms with Gasteiger partial charge in [0.15, 0.2) is 11.5 Å². The molecule has 4 heteroatoms. The van der Waals surface area contributed by atoms with Crippen LogP contribution in [0.3, 0.4) is 0 Å². The van der Waals surface area contributed by atoms with Gasteiger partial charge in [-0.15, -0.1) is 0 Å². The second kappa shape index (κ2) is 5.89. The van der Waals surface area contributed by atoms with Crippen molar-refractivity contribution in [1.82, 2.24) is 5.32 Å². The maximum absolute atomic E-state index is 5.70. The fourth-order valence-corrected chi connectivity index (χ4v) is 1.94. The highest BCUT2D eigenvalue weighted by Gasteiger charge is 2.17. The molecule has 1 aliphatic rings. The van der Waals surface area contributed by atoms with Crippen LogP contribution >= 0.6 is 0 Å². The molecular formula is C13H19NO3. The number of rotatable bonds is 4. The summed E-state index contributed by atoms with van der Waals surface area (Å²) in [4.78, 5) is 0. The van der Waals surface area contributed by atoms with Crippen molar-refractivity contribution in [3.8, 4) is 11.5 Å². The van der Waals surface area contributed by atoms with Gasteiger partial charge < -0.3 is 19.5 Å². The Labute approximate surface area is 102 Å². The minimum absolute atomic E-state index is 0.105. The number of morpholine rings is 1. The summed E-state index contributed by atoms with van der Waals surface area (Å²) in [5.74, 6) is 1.54. The number of ether oxygens (including phenoxy) is 3. The van der Waals surface area contributed by atoms with Crippen LogP contribution in [0.4, 0.5) is 0 Å². The maximum atomic E-state index is 5.70. The molecule has 1 atom stereocenters. The Balaban J connectivity index is 2.17. The van der Waals surface area contributed by atoms with Gasteiger partial charge in [-0.25, -0.2) is 0 Å². The van der Waals surface area contributed by atoms with Gasteiger partial charge in [0.05, 0.1) is 26.4 Å². The van der Waals surface area contributed by atoms with Gasteiger partial charge in [-0.05, 0) is 24.6 Å². The molecule has 1 heterocycles. The van der Waals surface area contributed by atoms with E-state index in [-0.39, 0.29) is 6.10 Å². The predicted octanol–water partition coefficient (Wildman–Crippen LogP) is 1.75. The van der Waals surface area contributed by atoms with E-state index in [0.717, 1.165) is 36.8 Å². The maximum Gasteiger partial charge on any atom is 0.161 e. The summed E-state index contributed by atoms with van der Waals surface area (Å²) in [6, 6.07) is 5.96. The lowest BCUT2D eigenvalue weighted by molar-refractivity contribution is 0.0275. The molecule has 0 aromatic heterocycles. The minimum atomic E-state index is 0.105. The number of methoxy groups -OCH3 is 1. The van der Waals surface area contributed by atoms with Crippen LogP contribution in [0.5, 0.6) is 11.5 Å². The van der Waals surface area contributed by atoms with E-state index in [4.69, 9.17) is 14.2 Å². The molecule has 1 fully saturated rings. The van der Waals surface area contributed by atoms with Crippen LogP contribution < -0.4 is 14.8 Å². The van der Waals surface area contributed by atoms with E-state index in [0.29, 0.717) is 6.61 Å². The highest BCUT2D eigenvalue weighted by Crippen LogP contribution is 2.31. The van der Waals surface area contributed by atoms with E-state index < -0.39 is 0 Å². The average molecular weight is 237 g/mol. The number of hydrogen-bond donors (Lipinski definition) is 1. The summed E-state index contributed by atoms with van der Waals surface area (Å²) >= 11 is 0. The molecule has 0 aliphatic carbocycles. The fraction of sp³-hybridized carbons (Fsp3) is 0.538. The Kier molecular flexibility index (Phi) is 4.23. The van der Waals surface area contributed by atoms with Crippen molar-refractivity contribution in [1.29, 1.82) is 0 Å². The zero-order chi connectivity index (χ0) is 12.1. The first-order valence-corrected chi connectivity index (χ1v) is 5.98. The van der Waals surface area contributed by atoms with Gasteiger partial charge in [0, 0.05) is 13.1 Å². The highest BCUT2D eigenvalue weighted by molar-refractivity contribution is 5.43. The van der Waals surface area contributed by atoms with Crippen LogP contribution in [0.15, 0.2) is 18.2 Å². The molecular weight excluding hydrogens is 218 g/mol. The van der Waals surface area contributed by atoms with Gasteiger partial charge >= 0.3 is 0 Å². The van der Waals surface area contributed by atoms with Crippen LogP contribution in [0, 0.1) is 0 Å². The molecule has 1 saturated heterocycles. The summed E-state index contributed by atoms with van der Waals surface area (Å²) < 4.78 is 16.5. The minimum Gasteiger partial charge on any atom is -0.493 e. The van der Waals surface area contributed by atoms with Crippen LogP contribution in [0.25, 0.3) is 0 Å². The van der Waals surface area contributed by atoms with Gasteiger partial charge in [0.2, 0.25) is 0 Å². The van der Waals surface area contributed by atoms with Crippen molar-refractivity contribution < 1.29 is 14.2 Å². The van der Waals surface area contributed by atoms with Crippen molar-refractivity contribution in [3.05, 3.63) is 23.8 Å². The molecule has 1 unspecified atom stereocenters. The molecule has 0 amide bonds. The van der Waals surface area contributed by atoms with Crippen LogP contribution in [0.1, 0.15) is 18.6 Å². The number of hydrogen-bond acceptors (Lipinski definition) is 4. The Hall–Kier alpha value is -1.26. The molecule has 17 heavy (non-hydrogen) atoms. The molecule has 0 saturated carbocycles. The van der Waals surface area contributed by atoms with E-state index >= 15 is 0 Å². The molecule has 4 nitrogen and oxygen atoms in total. The molecule has 1 aromatic carbocycles. The van der Waals surface area contributed by atoms with Crippen molar-refractivity contribution in [2.45, 2.75) is 13.0 Å². The summed E-state index contributed by atoms with van der Waals surface area (Å²) in [5, 5.41) is 3.31. The molecule has 0 bridgehead atoms. The number of nitrogens with one attached hydrogen (secondary N) is 1. The lowest BCUT2D eigenvalue weighted by Gasteiger charge is -2.24. The van der Waals surface area contributed by atoms with Crippen LogP contribution in [-0.2, 0) is 4.74 Å². The molecule has 1 N–H and O–H groups in total. The molecule has 0 radical (unpaired) electrons. The zero-order valence-corrected chi connectivity index (χ0v) is 10.4. The predicted molar refractivity (Wildman–Crippen MR) is 65.7 cm³/mol. The summed E-state index contributed by atoms with van der Waals surface area (Å²) in [6.45, 7) is 5.11. The smallest absolute Gasteiger partial charge is 0.161 e.